The summed E-state index contributed by atoms with van der Waals surface area (Å²) >= 11 is 1.52. The van der Waals surface area contributed by atoms with E-state index < -0.39 is 0 Å². The molecule has 1 N–H and O–H groups in total. The van der Waals surface area contributed by atoms with Crippen LogP contribution >= 0.6 is 11.3 Å². The summed E-state index contributed by atoms with van der Waals surface area (Å²) in [5, 5.41) is 9.52. The van der Waals surface area contributed by atoms with E-state index >= 15 is 0 Å². The van der Waals surface area contributed by atoms with Gasteiger partial charge in [-0.25, -0.2) is 0 Å². The lowest BCUT2D eigenvalue weighted by Gasteiger charge is -2.29. The first-order valence-corrected chi connectivity index (χ1v) is 11.9. The van der Waals surface area contributed by atoms with E-state index in [0.29, 0.717) is 53.8 Å². The van der Waals surface area contributed by atoms with Gasteiger partial charge in [-0.2, -0.15) is 4.98 Å². The Morgan fingerprint density at radius 2 is 2.00 bits per heavy atom. The first-order chi connectivity index (χ1) is 16.1. The number of hydrogen-bond donors (Lipinski definition) is 1. The number of piperidine rings is 1. The maximum atomic E-state index is 13.2. The van der Waals surface area contributed by atoms with Crippen molar-refractivity contribution in [2.24, 2.45) is 5.92 Å². The molecule has 1 fully saturated rings. The van der Waals surface area contributed by atoms with Crippen LogP contribution in [0.4, 0.5) is 5.69 Å². The number of carbonyl (C=O) groups excluding carboxylic acids is 2. The fraction of sp³-hybridized carbons (Fsp3) is 0.333. The predicted molar refractivity (Wildman–Crippen MR) is 125 cm³/mol. The lowest BCUT2D eigenvalue weighted by molar-refractivity contribution is -0.116. The number of aromatic nitrogens is 2. The number of thiophene rings is 1. The second-order valence-corrected chi connectivity index (χ2v) is 9.26. The molecule has 0 unspecified atom stereocenters. The smallest absolute Gasteiger partial charge is 0.291 e. The van der Waals surface area contributed by atoms with Gasteiger partial charge in [0.25, 0.3) is 5.91 Å². The average Bonchev–Trinajstić information content (AvgIpc) is 3.58. The minimum Gasteiger partial charge on any atom is -0.449 e. The van der Waals surface area contributed by atoms with Crippen molar-refractivity contribution in [2.75, 3.05) is 18.4 Å². The van der Waals surface area contributed by atoms with E-state index in [0.717, 1.165) is 17.7 Å². The van der Waals surface area contributed by atoms with E-state index in [9.17, 15) is 9.59 Å². The zero-order chi connectivity index (χ0) is 22.8. The molecular formula is C24H24N4O4S. The molecule has 170 valence electrons. The summed E-state index contributed by atoms with van der Waals surface area (Å²) in [5.41, 5.74) is 0.989. The first-order valence-electron chi connectivity index (χ1n) is 11.1. The molecule has 5 rings (SSSR count). The van der Waals surface area contributed by atoms with Crippen molar-refractivity contribution < 1.29 is 18.5 Å². The van der Waals surface area contributed by atoms with Gasteiger partial charge < -0.3 is 19.2 Å². The Bertz CT molecular complexity index is 1270. The van der Waals surface area contributed by atoms with Crippen LogP contribution in [0.2, 0.25) is 0 Å². The van der Waals surface area contributed by atoms with Gasteiger partial charge in [0.2, 0.25) is 23.4 Å². The van der Waals surface area contributed by atoms with Crippen LogP contribution in [0, 0.1) is 5.92 Å². The van der Waals surface area contributed by atoms with E-state index in [-0.39, 0.29) is 24.0 Å². The first kappa shape index (κ1) is 21.4. The Morgan fingerprint density at radius 3 is 2.79 bits per heavy atom. The second-order valence-electron chi connectivity index (χ2n) is 8.31. The van der Waals surface area contributed by atoms with Crippen molar-refractivity contribution >= 4 is 39.8 Å². The van der Waals surface area contributed by atoms with Gasteiger partial charge in [-0.05, 0) is 42.3 Å². The van der Waals surface area contributed by atoms with Gasteiger partial charge in [0, 0.05) is 31.3 Å². The number of para-hydroxylation sites is 1. The summed E-state index contributed by atoms with van der Waals surface area (Å²) in [6.07, 6.45) is 2.37. The SMILES string of the molecule is CC1CCN(C(=O)c2oc3ccccc3c2NC(=O)CCc2nc(-c3cccs3)no2)CC1. The fourth-order valence-electron chi connectivity index (χ4n) is 3.96. The van der Waals surface area contributed by atoms with Crippen LogP contribution in [0.5, 0.6) is 0 Å². The second kappa shape index (κ2) is 9.19. The molecular weight excluding hydrogens is 440 g/mol. The van der Waals surface area contributed by atoms with Gasteiger partial charge in [0.15, 0.2) is 0 Å². The molecule has 4 heterocycles. The van der Waals surface area contributed by atoms with Gasteiger partial charge in [-0.1, -0.05) is 30.3 Å². The van der Waals surface area contributed by atoms with Gasteiger partial charge >= 0.3 is 0 Å². The minimum atomic E-state index is -0.251. The summed E-state index contributed by atoms with van der Waals surface area (Å²) in [5.74, 6) is 1.25. The van der Waals surface area contributed by atoms with Crippen LogP contribution in [0.15, 0.2) is 50.7 Å². The topological polar surface area (TPSA) is 101 Å². The highest BCUT2D eigenvalue weighted by Crippen LogP contribution is 2.33. The summed E-state index contributed by atoms with van der Waals surface area (Å²) in [7, 11) is 0. The molecule has 0 atom stereocenters. The number of likely N-dealkylation sites (tertiary alicyclic amines) is 1. The third-order valence-corrected chi connectivity index (χ3v) is 6.77. The number of rotatable bonds is 6. The summed E-state index contributed by atoms with van der Waals surface area (Å²) in [4.78, 5) is 33.1. The molecule has 0 bridgehead atoms. The molecule has 33 heavy (non-hydrogen) atoms. The summed E-state index contributed by atoms with van der Waals surface area (Å²) in [6.45, 7) is 3.57. The van der Waals surface area contributed by atoms with Crippen molar-refractivity contribution in [3.8, 4) is 10.7 Å². The van der Waals surface area contributed by atoms with Crippen molar-refractivity contribution in [1.29, 1.82) is 0 Å². The van der Waals surface area contributed by atoms with Crippen LogP contribution < -0.4 is 5.32 Å². The molecule has 3 aromatic heterocycles. The van der Waals surface area contributed by atoms with Crippen LogP contribution in [0.25, 0.3) is 21.7 Å². The number of hydrogen-bond acceptors (Lipinski definition) is 7. The Labute approximate surface area is 194 Å². The molecule has 0 saturated carbocycles. The van der Waals surface area contributed by atoms with Crippen molar-refractivity contribution in [3.63, 3.8) is 0 Å². The molecule has 1 aliphatic rings. The molecule has 9 heteroatoms. The zero-order valence-electron chi connectivity index (χ0n) is 18.2. The quantitative estimate of drug-likeness (QED) is 0.431. The molecule has 8 nitrogen and oxygen atoms in total. The van der Waals surface area contributed by atoms with Gasteiger partial charge in [-0.3, -0.25) is 9.59 Å². The van der Waals surface area contributed by atoms with E-state index in [2.05, 4.69) is 22.4 Å². The maximum Gasteiger partial charge on any atom is 0.291 e. The highest BCUT2D eigenvalue weighted by atomic mass is 32.1. The highest BCUT2D eigenvalue weighted by molar-refractivity contribution is 7.13. The maximum absolute atomic E-state index is 13.2. The highest BCUT2D eigenvalue weighted by Gasteiger charge is 2.28. The predicted octanol–water partition coefficient (Wildman–Crippen LogP) is 4.99. The molecule has 0 aliphatic carbocycles. The Morgan fingerprint density at radius 1 is 1.18 bits per heavy atom. The van der Waals surface area contributed by atoms with Crippen LogP contribution in [-0.2, 0) is 11.2 Å². The normalized spacial score (nSPS) is 14.6. The van der Waals surface area contributed by atoms with Gasteiger partial charge in [0.1, 0.15) is 11.3 Å². The third kappa shape index (κ3) is 4.54. The van der Waals surface area contributed by atoms with E-state index in [1.54, 1.807) is 11.0 Å². The molecule has 1 aliphatic heterocycles. The molecule has 0 radical (unpaired) electrons. The molecule has 1 aromatic carbocycles. The van der Waals surface area contributed by atoms with Crippen molar-refractivity contribution in [3.05, 3.63) is 53.4 Å². The van der Waals surface area contributed by atoms with Crippen LogP contribution in [0.1, 0.15) is 42.6 Å². The van der Waals surface area contributed by atoms with Crippen molar-refractivity contribution in [1.82, 2.24) is 15.0 Å². The van der Waals surface area contributed by atoms with Gasteiger partial charge in [0.05, 0.1) is 4.88 Å². The van der Waals surface area contributed by atoms with E-state index in [4.69, 9.17) is 8.94 Å². The minimum absolute atomic E-state index is 0.139. The summed E-state index contributed by atoms with van der Waals surface area (Å²) in [6, 6.07) is 11.2. The Balaban J connectivity index is 1.31. The molecule has 4 aromatic rings. The molecule has 0 spiro atoms. The molecule has 1 saturated heterocycles. The number of aryl methyl sites for hydroxylation is 1. The largest absolute Gasteiger partial charge is 0.449 e. The number of carbonyl (C=O) groups is 2. The molecule has 2 amide bonds. The standard InChI is InChI=1S/C24H24N4O4S/c1-15-10-12-28(13-11-15)24(30)22-21(16-5-2-3-6-17(16)31-22)25-19(29)8-9-20-26-23(27-32-20)18-7-4-14-33-18/h2-7,14-15H,8-13H2,1H3,(H,25,29). The number of benzene rings is 1. The number of fused-ring (bicyclic) bond motifs is 1. The Kier molecular flexibility index (Phi) is 5.95. The number of nitrogens with one attached hydrogen (secondary N) is 1. The number of anilines is 1. The third-order valence-electron chi connectivity index (χ3n) is 5.90. The number of amides is 2. The van der Waals surface area contributed by atoms with E-state index in [1.165, 1.54) is 11.3 Å². The lowest BCUT2D eigenvalue weighted by atomic mass is 9.99. The lowest BCUT2D eigenvalue weighted by Crippen LogP contribution is -2.38. The van der Waals surface area contributed by atoms with Gasteiger partial charge in [-0.15, -0.1) is 11.3 Å². The number of nitrogens with zero attached hydrogens (tertiary/aromatic N) is 3. The summed E-state index contributed by atoms with van der Waals surface area (Å²) < 4.78 is 11.2. The van der Waals surface area contributed by atoms with Crippen LogP contribution in [0.3, 0.4) is 0 Å². The average molecular weight is 465 g/mol. The van der Waals surface area contributed by atoms with Crippen LogP contribution in [-0.4, -0.2) is 39.9 Å². The number of furan rings is 1. The fourth-order valence-corrected chi connectivity index (χ4v) is 4.61. The van der Waals surface area contributed by atoms with E-state index in [1.807, 2.05) is 35.7 Å². The zero-order valence-corrected chi connectivity index (χ0v) is 19.1. The Hall–Kier alpha value is -3.46. The van der Waals surface area contributed by atoms with Crippen molar-refractivity contribution in [2.45, 2.75) is 32.6 Å². The monoisotopic (exact) mass is 464 g/mol.